The van der Waals surface area contributed by atoms with Gasteiger partial charge in [0.1, 0.15) is 17.2 Å². The van der Waals surface area contributed by atoms with E-state index in [1.807, 2.05) is 6.07 Å². The number of hydrogen-bond acceptors (Lipinski definition) is 4. The van der Waals surface area contributed by atoms with Gasteiger partial charge in [-0.3, -0.25) is 4.79 Å². The molecule has 128 valence electrons. The second-order valence-electron chi connectivity index (χ2n) is 4.82. The lowest BCUT2D eigenvalue weighted by molar-refractivity contribution is -0.123. The molecule has 1 N–H and O–H groups in total. The lowest BCUT2D eigenvalue weighted by Gasteiger charge is -2.12. The molecule has 0 atom stereocenters. The summed E-state index contributed by atoms with van der Waals surface area (Å²) in [5, 5.41) is 3.62. The van der Waals surface area contributed by atoms with Crippen molar-refractivity contribution in [1.82, 2.24) is 5.32 Å². The molecule has 24 heavy (non-hydrogen) atoms. The van der Waals surface area contributed by atoms with Crippen molar-refractivity contribution in [3.63, 3.8) is 0 Å². The van der Waals surface area contributed by atoms with Gasteiger partial charge in [-0.2, -0.15) is 0 Å². The predicted octanol–water partition coefficient (Wildman–Crippen LogP) is 3.71. The lowest BCUT2D eigenvalue weighted by atomic mass is 10.2. The van der Waals surface area contributed by atoms with Crippen LogP contribution in [-0.2, 0) is 11.3 Å². The average Bonchev–Trinajstić information content (AvgIpc) is 2.59. The number of hydrogen-bond donors (Lipinski definition) is 1. The molecule has 0 aliphatic rings. The molecule has 5 nitrogen and oxygen atoms in total. The molecule has 2 rings (SSSR count). The third-order valence-electron chi connectivity index (χ3n) is 3.22. The molecule has 0 bridgehead atoms. The van der Waals surface area contributed by atoms with Crippen LogP contribution in [0.2, 0.25) is 10.0 Å². The number of rotatable bonds is 7. The molecule has 1 amide bonds. The first-order chi connectivity index (χ1) is 11.5. The Labute approximate surface area is 150 Å². The minimum absolute atomic E-state index is 0.153. The van der Waals surface area contributed by atoms with Crippen molar-refractivity contribution in [2.24, 2.45) is 0 Å². The fourth-order valence-electron chi connectivity index (χ4n) is 1.98. The molecule has 0 fully saturated rings. The summed E-state index contributed by atoms with van der Waals surface area (Å²) >= 11 is 11.8. The molecule has 0 radical (unpaired) electrons. The van der Waals surface area contributed by atoms with Gasteiger partial charge in [0.2, 0.25) is 0 Å². The van der Waals surface area contributed by atoms with Gasteiger partial charge in [-0.25, -0.2) is 0 Å². The number of methoxy groups -OCH3 is 2. The third kappa shape index (κ3) is 4.94. The standard InChI is InChI=1S/C17H17Cl2NO4/c1-22-13-5-3-11(16(8-13)23-2)9-20-17(21)10-24-15-6-4-12(18)7-14(15)19/h3-8H,9-10H2,1-2H3,(H,20,21). The number of ether oxygens (including phenoxy) is 3. The van der Waals surface area contributed by atoms with E-state index in [9.17, 15) is 4.79 Å². The van der Waals surface area contributed by atoms with Gasteiger partial charge in [0.05, 0.1) is 19.2 Å². The van der Waals surface area contributed by atoms with E-state index in [-0.39, 0.29) is 12.5 Å². The van der Waals surface area contributed by atoms with Gasteiger partial charge in [-0.05, 0) is 30.3 Å². The number of nitrogens with one attached hydrogen (secondary N) is 1. The average molecular weight is 370 g/mol. The summed E-state index contributed by atoms with van der Waals surface area (Å²) < 4.78 is 15.8. The Balaban J connectivity index is 1.89. The maximum Gasteiger partial charge on any atom is 0.258 e. The number of halogens is 2. The summed E-state index contributed by atoms with van der Waals surface area (Å²) in [6, 6.07) is 10.2. The summed E-state index contributed by atoms with van der Waals surface area (Å²) in [7, 11) is 3.14. The van der Waals surface area contributed by atoms with Crippen LogP contribution < -0.4 is 19.5 Å². The summed E-state index contributed by atoms with van der Waals surface area (Å²) in [5.41, 5.74) is 0.830. The molecule has 0 saturated heterocycles. The number of carbonyl (C=O) groups excluding carboxylic acids is 1. The Hall–Kier alpha value is -2.11. The quantitative estimate of drug-likeness (QED) is 0.808. The molecule has 7 heteroatoms. The van der Waals surface area contributed by atoms with Gasteiger partial charge in [0.25, 0.3) is 5.91 Å². The fraction of sp³-hybridized carbons (Fsp3) is 0.235. The van der Waals surface area contributed by atoms with E-state index in [1.54, 1.807) is 44.6 Å². The fourth-order valence-corrected chi connectivity index (χ4v) is 2.44. The maximum absolute atomic E-state index is 11.9. The van der Waals surface area contributed by atoms with E-state index in [1.165, 1.54) is 0 Å². The summed E-state index contributed by atoms with van der Waals surface area (Å²) in [6.07, 6.45) is 0. The van der Waals surface area contributed by atoms with E-state index in [4.69, 9.17) is 37.4 Å². The van der Waals surface area contributed by atoms with Gasteiger partial charge >= 0.3 is 0 Å². The van der Waals surface area contributed by atoms with Crippen molar-refractivity contribution in [3.8, 4) is 17.2 Å². The highest BCUT2D eigenvalue weighted by Crippen LogP contribution is 2.27. The van der Waals surface area contributed by atoms with E-state index in [2.05, 4.69) is 5.32 Å². The predicted molar refractivity (Wildman–Crippen MR) is 93.3 cm³/mol. The normalized spacial score (nSPS) is 10.2. The highest BCUT2D eigenvalue weighted by atomic mass is 35.5. The van der Waals surface area contributed by atoms with Crippen LogP contribution >= 0.6 is 23.2 Å². The molecule has 0 unspecified atom stereocenters. The number of amides is 1. The first-order valence-corrected chi connectivity index (χ1v) is 7.84. The molecule has 0 aromatic heterocycles. The summed E-state index contributed by atoms with van der Waals surface area (Å²) in [6.45, 7) is 0.156. The highest BCUT2D eigenvalue weighted by Gasteiger charge is 2.09. The largest absolute Gasteiger partial charge is 0.497 e. The topological polar surface area (TPSA) is 56.8 Å². The van der Waals surface area contributed by atoms with Crippen LogP contribution in [0.4, 0.5) is 0 Å². The molecule has 0 aliphatic carbocycles. The molecule has 2 aromatic carbocycles. The minimum Gasteiger partial charge on any atom is -0.497 e. The smallest absolute Gasteiger partial charge is 0.258 e. The van der Waals surface area contributed by atoms with Crippen LogP contribution in [0, 0.1) is 0 Å². The second kappa shape index (κ2) is 8.66. The van der Waals surface area contributed by atoms with E-state index in [0.29, 0.717) is 33.8 Å². The molecular formula is C17H17Cl2NO4. The van der Waals surface area contributed by atoms with Crippen molar-refractivity contribution in [3.05, 3.63) is 52.0 Å². The monoisotopic (exact) mass is 369 g/mol. The third-order valence-corrected chi connectivity index (χ3v) is 3.75. The van der Waals surface area contributed by atoms with Gasteiger partial charge in [0, 0.05) is 23.2 Å². The zero-order valence-electron chi connectivity index (χ0n) is 13.3. The highest BCUT2D eigenvalue weighted by molar-refractivity contribution is 6.35. The van der Waals surface area contributed by atoms with E-state index < -0.39 is 0 Å². The first-order valence-electron chi connectivity index (χ1n) is 7.09. The maximum atomic E-state index is 11.9. The summed E-state index contributed by atoms with van der Waals surface area (Å²) in [5.74, 6) is 1.44. The van der Waals surface area contributed by atoms with Crippen LogP contribution in [0.1, 0.15) is 5.56 Å². The minimum atomic E-state index is -0.279. The Morgan fingerprint density at radius 2 is 1.83 bits per heavy atom. The van der Waals surface area contributed by atoms with Crippen molar-refractivity contribution in [2.45, 2.75) is 6.54 Å². The lowest BCUT2D eigenvalue weighted by Crippen LogP contribution is -2.28. The van der Waals surface area contributed by atoms with Crippen molar-refractivity contribution >= 4 is 29.1 Å². The number of carbonyl (C=O) groups is 1. The zero-order valence-corrected chi connectivity index (χ0v) is 14.8. The molecule has 0 heterocycles. The number of benzene rings is 2. The van der Waals surface area contributed by atoms with E-state index in [0.717, 1.165) is 5.56 Å². The molecule has 0 spiro atoms. The molecule has 0 saturated carbocycles. The zero-order chi connectivity index (χ0) is 17.5. The van der Waals surface area contributed by atoms with Crippen LogP contribution in [0.15, 0.2) is 36.4 Å². The van der Waals surface area contributed by atoms with Crippen molar-refractivity contribution in [1.29, 1.82) is 0 Å². The molecule has 2 aromatic rings. The molecular weight excluding hydrogens is 353 g/mol. The van der Waals surface area contributed by atoms with Crippen LogP contribution in [-0.4, -0.2) is 26.7 Å². The Bertz CT molecular complexity index is 722. The van der Waals surface area contributed by atoms with Crippen molar-refractivity contribution in [2.75, 3.05) is 20.8 Å². The molecule has 0 aliphatic heterocycles. The van der Waals surface area contributed by atoms with Crippen LogP contribution in [0.3, 0.4) is 0 Å². The Morgan fingerprint density at radius 3 is 2.50 bits per heavy atom. The Morgan fingerprint density at radius 1 is 1.04 bits per heavy atom. The van der Waals surface area contributed by atoms with Crippen LogP contribution in [0.25, 0.3) is 0 Å². The Kier molecular flexibility index (Phi) is 6.58. The van der Waals surface area contributed by atoms with Crippen LogP contribution in [0.5, 0.6) is 17.2 Å². The summed E-state index contributed by atoms with van der Waals surface area (Å²) in [4.78, 5) is 11.9. The van der Waals surface area contributed by atoms with E-state index >= 15 is 0 Å². The second-order valence-corrected chi connectivity index (χ2v) is 5.66. The van der Waals surface area contributed by atoms with Gasteiger partial charge in [-0.1, -0.05) is 23.2 Å². The van der Waals surface area contributed by atoms with Crippen molar-refractivity contribution < 1.29 is 19.0 Å². The van der Waals surface area contributed by atoms with Gasteiger partial charge in [0.15, 0.2) is 6.61 Å². The van der Waals surface area contributed by atoms with Gasteiger partial charge in [-0.15, -0.1) is 0 Å². The SMILES string of the molecule is COc1ccc(CNC(=O)COc2ccc(Cl)cc2Cl)c(OC)c1. The van der Waals surface area contributed by atoms with Gasteiger partial charge < -0.3 is 19.5 Å². The first kappa shape index (κ1) is 18.2.